The van der Waals surface area contributed by atoms with Gasteiger partial charge in [-0.1, -0.05) is 32.9 Å². The summed E-state index contributed by atoms with van der Waals surface area (Å²) in [5.74, 6) is -0.0620. The number of anilines is 1. The predicted octanol–water partition coefficient (Wildman–Crippen LogP) is 3.31. The summed E-state index contributed by atoms with van der Waals surface area (Å²) in [6.07, 6.45) is 3.33. The maximum atomic E-state index is 13.0. The van der Waals surface area contributed by atoms with Gasteiger partial charge in [-0.25, -0.2) is 0 Å². The maximum absolute atomic E-state index is 13.0. The highest BCUT2D eigenvalue weighted by atomic mass is 35.5. The molecule has 1 spiro atoms. The van der Waals surface area contributed by atoms with Crippen LogP contribution in [-0.4, -0.2) is 42.9 Å². The van der Waals surface area contributed by atoms with E-state index in [0.717, 1.165) is 39.0 Å². The Morgan fingerprint density at radius 3 is 2.35 bits per heavy atom. The second kappa shape index (κ2) is 7.97. The number of halogens is 1. The fourth-order valence-electron chi connectivity index (χ4n) is 3.67. The number of benzene rings is 1. The van der Waals surface area contributed by atoms with Gasteiger partial charge in [0.15, 0.2) is 0 Å². The number of nitrogens with one attached hydrogen (secondary N) is 2. The van der Waals surface area contributed by atoms with Crippen LogP contribution in [0.2, 0.25) is 0 Å². The monoisotopic (exact) mass is 379 g/mol. The van der Waals surface area contributed by atoms with Gasteiger partial charge in [-0.2, -0.15) is 0 Å². The molecule has 0 saturated carbocycles. The van der Waals surface area contributed by atoms with Crippen molar-refractivity contribution in [3.63, 3.8) is 0 Å². The third-order valence-electron chi connectivity index (χ3n) is 5.53. The van der Waals surface area contributed by atoms with Gasteiger partial charge in [-0.05, 0) is 43.4 Å². The van der Waals surface area contributed by atoms with Gasteiger partial charge in [0.1, 0.15) is 0 Å². The third kappa shape index (κ3) is 4.38. The van der Waals surface area contributed by atoms with E-state index in [1.165, 1.54) is 6.42 Å². The first kappa shape index (κ1) is 20.7. The Morgan fingerprint density at radius 1 is 1.12 bits per heavy atom. The van der Waals surface area contributed by atoms with Gasteiger partial charge in [0.2, 0.25) is 5.91 Å². The van der Waals surface area contributed by atoms with Gasteiger partial charge in [-0.3, -0.25) is 9.59 Å². The molecule has 2 aliphatic heterocycles. The number of carbonyl (C=O) groups is 2. The minimum absolute atomic E-state index is 0. The van der Waals surface area contributed by atoms with E-state index < -0.39 is 5.41 Å². The van der Waals surface area contributed by atoms with E-state index in [2.05, 4.69) is 10.6 Å². The highest BCUT2D eigenvalue weighted by Gasteiger charge is 2.38. The Hall–Kier alpha value is -1.59. The van der Waals surface area contributed by atoms with Crippen molar-refractivity contribution in [2.24, 2.45) is 10.8 Å². The van der Waals surface area contributed by atoms with Crippen LogP contribution in [0.4, 0.5) is 5.69 Å². The quantitative estimate of drug-likeness (QED) is 0.828. The molecule has 1 aromatic carbocycles. The maximum Gasteiger partial charge on any atom is 0.255 e. The molecule has 0 unspecified atom stereocenters. The number of amides is 2. The lowest BCUT2D eigenvalue weighted by Crippen LogP contribution is -2.44. The van der Waals surface area contributed by atoms with Crippen molar-refractivity contribution in [3.8, 4) is 0 Å². The second-order valence-electron chi connectivity index (χ2n) is 8.47. The summed E-state index contributed by atoms with van der Waals surface area (Å²) < 4.78 is 0. The SMILES string of the molecule is CC(C)(C)C(=O)Nc1ccccc1C(=O)N1CCC2(CCNC2)CC1.Cl. The fraction of sp³-hybridized carbons (Fsp3) is 0.600. The Bertz CT molecular complexity index is 653. The van der Waals surface area contributed by atoms with Crippen molar-refractivity contribution in [2.45, 2.75) is 40.0 Å². The van der Waals surface area contributed by atoms with Crippen molar-refractivity contribution < 1.29 is 9.59 Å². The Kier molecular flexibility index (Phi) is 6.35. The number of para-hydroxylation sites is 1. The van der Waals surface area contributed by atoms with Crippen LogP contribution in [0, 0.1) is 10.8 Å². The lowest BCUT2D eigenvalue weighted by atomic mass is 9.78. The van der Waals surface area contributed by atoms with Crippen molar-refractivity contribution in [3.05, 3.63) is 29.8 Å². The summed E-state index contributed by atoms with van der Waals surface area (Å²) in [5.41, 5.74) is 1.08. The van der Waals surface area contributed by atoms with Crippen LogP contribution >= 0.6 is 12.4 Å². The molecule has 2 fully saturated rings. The van der Waals surface area contributed by atoms with Crippen LogP contribution in [0.3, 0.4) is 0 Å². The second-order valence-corrected chi connectivity index (χ2v) is 8.47. The molecule has 2 heterocycles. The first-order chi connectivity index (χ1) is 11.8. The van der Waals surface area contributed by atoms with Crippen LogP contribution < -0.4 is 10.6 Å². The largest absolute Gasteiger partial charge is 0.339 e. The van der Waals surface area contributed by atoms with Gasteiger partial charge in [0, 0.05) is 25.0 Å². The van der Waals surface area contributed by atoms with Gasteiger partial charge in [-0.15, -0.1) is 12.4 Å². The predicted molar refractivity (Wildman–Crippen MR) is 107 cm³/mol. The molecular formula is C20H30ClN3O2. The van der Waals surface area contributed by atoms with E-state index >= 15 is 0 Å². The molecular weight excluding hydrogens is 350 g/mol. The first-order valence-electron chi connectivity index (χ1n) is 9.21. The number of likely N-dealkylation sites (tertiary alicyclic amines) is 1. The minimum atomic E-state index is -0.497. The van der Waals surface area contributed by atoms with Crippen LogP contribution in [-0.2, 0) is 4.79 Å². The summed E-state index contributed by atoms with van der Waals surface area (Å²) >= 11 is 0. The molecule has 3 rings (SSSR count). The van der Waals surface area contributed by atoms with Crippen molar-refractivity contribution in [1.82, 2.24) is 10.2 Å². The lowest BCUT2D eigenvalue weighted by Gasteiger charge is -2.39. The molecule has 6 heteroatoms. The molecule has 5 nitrogen and oxygen atoms in total. The number of hydrogen-bond acceptors (Lipinski definition) is 3. The topological polar surface area (TPSA) is 61.4 Å². The van der Waals surface area contributed by atoms with Gasteiger partial charge < -0.3 is 15.5 Å². The first-order valence-corrected chi connectivity index (χ1v) is 9.21. The summed E-state index contributed by atoms with van der Waals surface area (Å²) in [7, 11) is 0. The number of carbonyl (C=O) groups excluding carboxylic acids is 2. The summed E-state index contributed by atoms with van der Waals surface area (Å²) in [6, 6.07) is 7.32. The fourth-order valence-corrected chi connectivity index (χ4v) is 3.67. The number of piperidine rings is 1. The summed E-state index contributed by atoms with van der Waals surface area (Å²) in [6.45, 7) is 9.36. The Balaban J connectivity index is 0.00000243. The highest BCUT2D eigenvalue weighted by Crippen LogP contribution is 2.37. The van der Waals surface area contributed by atoms with Crippen LogP contribution in [0.25, 0.3) is 0 Å². The van der Waals surface area contributed by atoms with Crippen molar-refractivity contribution >= 4 is 29.9 Å². The highest BCUT2D eigenvalue weighted by molar-refractivity contribution is 6.04. The van der Waals surface area contributed by atoms with E-state index in [0.29, 0.717) is 16.7 Å². The van der Waals surface area contributed by atoms with Gasteiger partial charge in [0.25, 0.3) is 5.91 Å². The molecule has 2 saturated heterocycles. The average Bonchev–Trinajstić information content (AvgIpc) is 3.03. The zero-order valence-corrected chi connectivity index (χ0v) is 16.7. The van der Waals surface area contributed by atoms with E-state index in [1.54, 1.807) is 0 Å². The van der Waals surface area contributed by atoms with Crippen LogP contribution in [0.15, 0.2) is 24.3 Å². The molecule has 2 aliphatic rings. The van der Waals surface area contributed by atoms with Crippen molar-refractivity contribution in [1.29, 1.82) is 0 Å². The molecule has 0 atom stereocenters. The molecule has 144 valence electrons. The standard InChI is InChI=1S/C20H29N3O2.ClH/c1-19(2,3)18(25)22-16-7-5-4-6-15(16)17(24)23-12-9-20(10-13-23)8-11-21-14-20;/h4-7,21H,8-14H2,1-3H3,(H,22,25);1H. The molecule has 0 radical (unpaired) electrons. The number of hydrogen-bond donors (Lipinski definition) is 2. The summed E-state index contributed by atoms with van der Waals surface area (Å²) in [4.78, 5) is 27.3. The van der Waals surface area contributed by atoms with E-state index in [-0.39, 0.29) is 24.2 Å². The number of nitrogens with zero attached hydrogens (tertiary/aromatic N) is 1. The van der Waals surface area contributed by atoms with Gasteiger partial charge in [0.05, 0.1) is 11.3 Å². The number of rotatable bonds is 2. The zero-order valence-electron chi connectivity index (χ0n) is 15.9. The molecule has 2 amide bonds. The van der Waals surface area contributed by atoms with Crippen molar-refractivity contribution in [2.75, 3.05) is 31.5 Å². The molecule has 26 heavy (non-hydrogen) atoms. The zero-order chi connectivity index (χ0) is 18.1. The third-order valence-corrected chi connectivity index (χ3v) is 5.53. The average molecular weight is 380 g/mol. The molecule has 0 aromatic heterocycles. The lowest BCUT2D eigenvalue weighted by molar-refractivity contribution is -0.123. The Morgan fingerprint density at radius 2 is 1.77 bits per heavy atom. The van der Waals surface area contributed by atoms with E-state index in [4.69, 9.17) is 0 Å². The molecule has 0 bridgehead atoms. The smallest absolute Gasteiger partial charge is 0.255 e. The Labute approximate surface area is 162 Å². The summed E-state index contributed by atoms with van der Waals surface area (Å²) in [5, 5.41) is 6.38. The molecule has 2 N–H and O–H groups in total. The van der Waals surface area contributed by atoms with Crippen LogP contribution in [0.5, 0.6) is 0 Å². The van der Waals surface area contributed by atoms with E-state index in [9.17, 15) is 9.59 Å². The van der Waals surface area contributed by atoms with Gasteiger partial charge >= 0.3 is 0 Å². The molecule has 1 aromatic rings. The minimum Gasteiger partial charge on any atom is -0.339 e. The molecule has 0 aliphatic carbocycles. The van der Waals surface area contributed by atoms with Crippen LogP contribution in [0.1, 0.15) is 50.4 Å². The van der Waals surface area contributed by atoms with E-state index in [1.807, 2.05) is 49.9 Å². The normalized spacial score (nSPS) is 19.1.